The Kier molecular flexibility index (Phi) is 5.06. The summed E-state index contributed by atoms with van der Waals surface area (Å²) in [5.74, 6) is -0.224. The van der Waals surface area contributed by atoms with Gasteiger partial charge in [-0.15, -0.1) is 0 Å². The van der Waals surface area contributed by atoms with E-state index in [1.165, 1.54) is 16.4 Å². The van der Waals surface area contributed by atoms with Crippen LogP contribution >= 0.6 is 11.8 Å². The van der Waals surface area contributed by atoms with Gasteiger partial charge in [-0.05, 0) is 13.0 Å². The Morgan fingerprint density at radius 3 is 2.72 bits per heavy atom. The first-order valence-electron chi connectivity index (χ1n) is 5.28. The zero-order valence-corrected chi connectivity index (χ0v) is 10.5. The minimum absolute atomic E-state index is 0.00292. The minimum atomic E-state index is -4.44. The second kappa shape index (κ2) is 6.12. The molecule has 102 valence electrons. The summed E-state index contributed by atoms with van der Waals surface area (Å²) in [6.45, 7) is 2.06. The molecule has 0 saturated carbocycles. The summed E-state index contributed by atoms with van der Waals surface area (Å²) in [6.07, 6.45) is -4.45. The van der Waals surface area contributed by atoms with E-state index in [9.17, 15) is 18.0 Å². The van der Waals surface area contributed by atoms with Crippen molar-refractivity contribution in [3.05, 3.63) is 17.5 Å². The lowest BCUT2D eigenvalue weighted by atomic mass is 10.3. The fourth-order valence-electron chi connectivity index (χ4n) is 1.32. The van der Waals surface area contributed by atoms with E-state index in [4.69, 9.17) is 5.11 Å². The monoisotopic (exact) mass is 282 g/mol. The maximum absolute atomic E-state index is 12.5. The highest BCUT2D eigenvalue weighted by Gasteiger charge is 2.34. The van der Waals surface area contributed by atoms with E-state index in [1.807, 2.05) is 0 Å². The molecule has 0 amide bonds. The van der Waals surface area contributed by atoms with Crippen LogP contribution in [-0.2, 0) is 23.3 Å². The highest BCUT2D eigenvalue weighted by atomic mass is 32.2. The van der Waals surface area contributed by atoms with Crippen molar-refractivity contribution in [2.24, 2.45) is 0 Å². The molecule has 0 unspecified atom stereocenters. The topological polar surface area (TPSA) is 55.1 Å². The zero-order valence-electron chi connectivity index (χ0n) is 9.70. The van der Waals surface area contributed by atoms with Crippen molar-refractivity contribution in [3.63, 3.8) is 0 Å². The van der Waals surface area contributed by atoms with Crippen LogP contribution in [0.3, 0.4) is 0 Å². The number of thioether (sulfide) groups is 1. The second-order valence-electron chi connectivity index (χ2n) is 3.53. The van der Waals surface area contributed by atoms with Gasteiger partial charge in [-0.25, -0.2) is 0 Å². The largest absolute Gasteiger partial charge is 0.481 e. The van der Waals surface area contributed by atoms with Gasteiger partial charge in [0.2, 0.25) is 0 Å². The molecule has 0 radical (unpaired) electrons. The van der Waals surface area contributed by atoms with Crippen LogP contribution in [0.5, 0.6) is 0 Å². The third-order valence-electron chi connectivity index (χ3n) is 2.16. The van der Waals surface area contributed by atoms with Gasteiger partial charge < -0.3 is 5.11 Å². The number of aliphatic carboxylic acids is 1. The molecule has 1 rings (SSSR count). The standard InChI is InChI=1S/C10H13F3N2O2S/c1-2-15-7(6-18-4-3-9(16)17)5-8(14-15)10(11,12)13/h5H,2-4,6H2,1H3,(H,16,17). The van der Waals surface area contributed by atoms with Crippen LogP contribution < -0.4 is 0 Å². The summed E-state index contributed by atoms with van der Waals surface area (Å²) in [6, 6.07) is 1.01. The van der Waals surface area contributed by atoms with Crippen LogP contribution in [0.2, 0.25) is 0 Å². The number of carboxylic acid groups (broad SMARTS) is 1. The molecule has 18 heavy (non-hydrogen) atoms. The summed E-state index contributed by atoms with van der Waals surface area (Å²) in [5, 5.41) is 11.9. The van der Waals surface area contributed by atoms with E-state index in [2.05, 4.69) is 5.10 Å². The van der Waals surface area contributed by atoms with Crippen molar-refractivity contribution < 1.29 is 23.1 Å². The predicted molar refractivity (Wildman–Crippen MR) is 61.3 cm³/mol. The number of carboxylic acids is 1. The number of hydrogen-bond donors (Lipinski definition) is 1. The summed E-state index contributed by atoms with van der Waals surface area (Å²) in [7, 11) is 0. The summed E-state index contributed by atoms with van der Waals surface area (Å²) < 4.78 is 38.6. The first-order chi connectivity index (χ1) is 8.34. The average molecular weight is 282 g/mol. The van der Waals surface area contributed by atoms with Crippen molar-refractivity contribution in [3.8, 4) is 0 Å². The summed E-state index contributed by atoms with van der Waals surface area (Å²) in [4.78, 5) is 10.3. The van der Waals surface area contributed by atoms with E-state index < -0.39 is 17.8 Å². The van der Waals surface area contributed by atoms with Gasteiger partial charge in [-0.1, -0.05) is 0 Å². The molecule has 1 aromatic rings. The minimum Gasteiger partial charge on any atom is -0.481 e. The lowest BCUT2D eigenvalue weighted by Gasteiger charge is -2.03. The number of aryl methyl sites for hydroxylation is 1. The first-order valence-corrected chi connectivity index (χ1v) is 6.43. The smallest absolute Gasteiger partial charge is 0.435 e. The number of carbonyl (C=O) groups is 1. The number of aromatic nitrogens is 2. The lowest BCUT2D eigenvalue weighted by molar-refractivity contribution is -0.141. The van der Waals surface area contributed by atoms with Crippen LogP contribution in [0.1, 0.15) is 24.7 Å². The molecule has 1 N–H and O–H groups in total. The molecule has 0 bridgehead atoms. The summed E-state index contributed by atoms with van der Waals surface area (Å²) in [5.41, 5.74) is -0.446. The van der Waals surface area contributed by atoms with Crippen LogP contribution in [0.25, 0.3) is 0 Å². The highest BCUT2D eigenvalue weighted by Crippen LogP contribution is 2.29. The Hall–Kier alpha value is -1.18. The van der Waals surface area contributed by atoms with Crippen LogP contribution in [0.15, 0.2) is 6.07 Å². The Bertz CT molecular complexity index is 418. The number of hydrogen-bond acceptors (Lipinski definition) is 3. The molecule has 0 atom stereocenters. The number of rotatable bonds is 6. The molecule has 0 aliphatic heterocycles. The van der Waals surface area contributed by atoms with E-state index in [-0.39, 0.29) is 6.42 Å². The molecular weight excluding hydrogens is 269 g/mol. The molecule has 0 aliphatic rings. The predicted octanol–water partition coefficient (Wildman–Crippen LogP) is 2.63. The number of halogens is 3. The van der Waals surface area contributed by atoms with Crippen LogP contribution in [0.4, 0.5) is 13.2 Å². The van der Waals surface area contributed by atoms with Crippen LogP contribution in [0, 0.1) is 0 Å². The van der Waals surface area contributed by atoms with Crippen molar-refractivity contribution >= 4 is 17.7 Å². The molecule has 0 spiro atoms. The Morgan fingerprint density at radius 2 is 2.22 bits per heavy atom. The van der Waals surface area contributed by atoms with Crippen molar-refractivity contribution in [1.82, 2.24) is 9.78 Å². The third kappa shape index (κ3) is 4.25. The molecule has 4 nitrogen and oxygen atoms in total. The van der Waals surface area contributed by atoms with Gasteiger partial charge in [0.15, 0.2) is 5.69 Å². The van der Waals surface area contributed by atoms with Gasteiger partial charge in [0.25, 0.3) is 0 Å². The van der Waals surface area contributed by atoms with E-state index in [0.717, 1.165) is 6.07 Å². The van der Waals surface area contributed by atoms with Gasteiger partial charge in [-0.2, -0.15) is 30.0 Å². The maximum Gasteiger partial charge on any atom is 0.435 e. The van der Waals surface area contributed by atoms with E-state index in [0.29, 0.717) is 23.7 Å². The van der Waals surface area contributed by atoms with Gasteiger partial charge in [0.05, 0.1) is 6.42 Å². The molecule has 1 aromatic heterocycles. The molecule has 0 fully saturated rings. The Morgan fingerprint density at radius 1 is 1.56 bits per heavy atom. The molecule has 0 saturated heterocycles. The third-order valence-corrected chi connectivity index (χ3v) is 3.16. The summed E-state index contributed by atoms with van der Waals surface area (Å²) >= 11 is 1.28. The fourth-order valence-corrected chi connectivity index (χ4v) is 2.22. The Balaban J connectivity index is 2.64. The normalized spacial score (nSPS) is 11.8. The maximum atomic E-state index is 12.5. The molecule has 1 heterocycles. The quantitative estimate of drug-likeness (QED) is 0.815. The van der Waals surface area contributed by atoms with Crippen molar-refractivity contribution in [2.75, 3.05) is 5.75 Å². The van der Waals surface area contributed by atoms with Crippen LogP contribution in [-0.4, -0.2) is 26.6 Å². The van der Waals surface area contributed by atoms with Crippen molar-refractivity contribution in [2.45, 2.75) is 31.8 Å². The van der Waals surface area contributed by atoms with Gasteiger partial charge >= 0.3 is 12.1 Å². The van der Waals surface area contributed by atoms with Gasteiger partial charge in [-0.3, -0.25) is 9.48 Å². The second-order valence-corrected chi connectivity index (χ2v) is 4.64. The zero-order chi connectivity index (χ0) is 13.8. The molecular formula is C10H13F3N2O2S. The number of alkyl halides is 3. The number of nitrogens with zero attached hydrogens (tertiary/aromatic N) is 2. The van der Waals surface area contributed by atoms with Gasteiger partial charge in [0, 0.05) is 23.7 Å². The molecule has 0 aliphatic carbocycles. The Labute approximate surface area is 106 Å². The highest BCUT2D eigenvalue weighted by molar-refractivity contribution is 7.98. The first kappa shape index (κ1) is 14.9. The van der Waals surface area contributed by atoms with E-state index in [1.54, 1.807) is 6.92 Å². The van der Waals surface area contributed by atoms with Gasteiger partial charge in [0.1, 0.15) is 0 Å². The SMILES string of the molecule is CCn1nc(C(F)(F)F)cc1CSCCC(=O)O. The van der Waals surface area contributed by atoms with Crippen molar-refractivity contribution in [1.29, 1.82) is 0 Å². The molecule has 8 heteroatoms. The average Bonchev–Trinajstić information content (AvgIpc) is 2.67. The lowest BCUT2D eigenvalue weighted by Crippen LogP contribution is -2.07. The van der Waals surface area contributed by atoms with E-state index >= 15 is 0 Å². The fraction of sp³-hybridized carbons (Fsp3) is 0.600. The molecule has 0 aromatic carbocycles.